The van der Waals surface area contributed by atoms with E-state index in [1.807, 2.05) is 67.6 Å². The molecule has 2 N–H and O–H groups in total. The first-order chi connectivity index (χ1) is 10.8. The molecule has 3 aromatic rings. The third-order valence-corrected chi connectivity index (χ3v) is 3.20. The van der Waals surface area contributed by atoms with Crippen molar-refractivity contribution in [1.29, 1.82) is 0 Å². The van der Waals surface area contributed by atoms with Gasteiger partial charge in [-0.2, -0.15) is 0 Å². The molecule has 0 radical (unpaired) electrons. The number of rotatable bonds is 4. The van der Waals surface area contributed by atoms with E-state index in [1.54, 1.807) is 4.68 Å². The highest BCUT2D eigenvalue weighted by Gasteiger charge is 2.16. The first-order valence-corrected chi connectivity index (χ1v) is 6.85. The van der Waals surface area contributed by atoms with Crippen LogP contribution in [0.1, 0.15) is 16.2 Å². The molecule has 0 saturated heterocycles. The van der Waals surface area contributed by atoms with E-state index in [0.717, 1.165) is 11.4 Å². The van der Waals surface area contributed by atoms with E-state index in [1.165, 1.54) is 0 Å². The van der Waals surface area contributed by atoms with E-state index in [9.17, 15) is 4.79 Å². The molecule has 0 aliphatic rings. The fourth-order valence-electron chi connectivity index (χ4n) is 2.06. The molecule has 1 aromatic heterocycles. The predicted molar refractivity (Wildman–Crippen MR) is 83.6 cm³/mol. The third-order valence-electron chi connectivity index (χ3n) is 3.20. The lowest BCUT2D eigenvalue weighted by Gasteiger charge is -2.07. The van der Waals surface area contributed by atoms with Crippen LogP contribution in [0, 0.1) is 6.92 Å². The van der Waals surface area contributed by atoms with Crippen molar-refractivity contribution in [3.05, 3.63) is 72.1 Å². The lowest BCUT2D eigenvalue weighted by molar-refractivity contribution is 0.0957. The van der Waals surface area contributed by atoms with Crippen molar-refractivity contribution in [2.45, 2.75) is 6.92 Å². The average Bonchev–Trinajstić information content (AvgIpc) is 2.96. The van der Waals surface area contributed by atoms with Crippen LogP contribution in [0.15, 0.2) is 60.7 Å². The summed E-state index contributed by atoms with van der Waals surface area (Å²) in [4.78, 5) is 12.2. The number of hydrogen-bond donors (Lipinski definition) is 2. The van der Waals surface area contributed by atoms with E-state index in [4.69, 9.17) is 0 Å². The van der Waals surface area contributed by atoms with Crippen LogP contribution in [0.25, 0.3) is 5.69 Å². The molecule has 0 saturated carbocycles. The van der Waals surface area contributed by atoms with E-state index < -0.39 is 0 Å². The molecule has 2 aromatic carbocycles. The van der Waals surface area contributed by atoms with Crippen molar-refractivity contribution in [2.75, 3.05) is 5.43 Å². The van der Waals surface area contributed by atoms with Gasteiger partial charge in [0, 0.05) is 0 Å². The van der Waals surface area contributed by atoms with E-state index >= 15 is 0 Å². The molecular formula is C16H15N5O. The minimum atomic E-state index is -0.330. The van der Waals surface area contributed by atoms with Crippen molar-refractivity contribution in [3.63, 3.8) is 0 Å². The zero-order chi connectivity index (χ0) is 15.4. The number of para-hydroxylation sites is 2. The van der Waals surface area contributed by atoms with Gasteiger partial charge in [0.15, 0.2) is 5.69 Å². The molecule has 0 aliphatic carbocycles. The van der Waals surface area contributed by atoms with E-state index in [-0.39, 0.29) is 11.6 Å². The normalized spacial score (nSPS) is 10.2. The first-order valence-electron chi connectivity index (χ1n) is 6.85. The molecule has 1 amide bonds. The molecule has 3 rings (SSSR count). The van der Waals surface area contributed by atoms with Crippen molar-refractivity contribution < 1.29 is 4.79 Å². The highest BCUT2D eigenvalue weighted by molar-refractivity contribution is 5.94. The Morgan fingerprint density at radius 1 is 1.00 bits per heavy atom. The molecule has 22 heavy (non-hydrogen) atoms. The van der Waals surface area contributed by atoms with Gasteiger partial charge in [0.05, 0.1) is 17.1 Å². The van der Waals surface area contributed by atoms with Crippen molar-refractivity contribution in [2.24, 2.45) is 0 Å². The van der Waals surface area contributed by atoms with Crippen LogP contribution < -0.4 is 10.9 Å². The van der Waals surface area contributed by atoms with E-state index in [2.05, 4.69) is 21.2 Å². The van der Waals surface area contributed by atoms with Gasteiger partial charge in [-0.05, 0) is 31.2 Å². The molecule has 6 heteroatoms. The Hall–Kier alpha value is -3.15. The first kappa shape index (κ1) is 13.8. The van der Waals surface area contributed by atoms with Crippen molar-refractivity contribution in [1.82, 2.24) is 20.4 Å². The molecule has 6 nitrogen and oxygen atoms in total. The summed E-state index contributed by atoms with van der Waals surface area (Å²) in [6, 6.07) is 18.9. The number of nitrogens with zero attached hydrogens (tertiary/aromatic N) is 3. The van der Waals surface area contributed by atoms with Crippen LogP contribution in [0.4, 0.5) is 5.69 Å². The molecule has 0 fully saturated rings. The number of carbonyl (C=O) groups excluding carboxylic acids is 1. The minimum absolute atomic E-state index is 0.285. The fraction of sp³-hybridized carbons (Fsp3) is 0.0625. The number of hydrazine groups is 1. The van der Waals surface area contributed by atoms with Crippen LogP contribution in [0.3, 0.4) is 0 Å². The summed E-state index contributed by atoms with van der Waals surface area (Å²) >= 11 is 0. The number of anilines is 1. The molecule has 0 unspecified atom stereocenters. The average molecular weight is 293 g/mol. The van der Waals surface area contributed by atoms with Crippen molar-refractivity contribution in [3.8, 4) is 5.69 Å². The topological polar surface area (TPSA) is 71.8 Å². The molecule has 110 valence electrons. The van der Waals surface area contributed by atoms with Gasteiger partial charge in [-0.25, -0.2) is 4.68 Å². The van der Waals surface area contributed by atoms with Gasteiger partial charge in [-0.3, -0.25) is 15.6 Å². The van der Waals surface area contributed by atoms with Crippen LogP contribution in [0.5, 0.6) is 0 Å². The minimum Gasteiger partial charge on any atom is -0.298 e. The summed E-state index contributed by atoms with van der Waals surface area (Å²) in [6.45, 7) is 1.81. The maximum atomic E-state index is 12.2. The SMILES string of the molecule is Cc1c(C(=O)NNc2ccccc2)nnn1-c1ccccc1. The Morgan fingerprint density at radius 2 is 1.64 bits per heavy atom. The fourth-order valence-corrected chi connectivity index (χ4v) is 2.06. The third kappa shape index (κ3) is 2.80. The van der Waals surface area contributed by atoms with Crippen LogP contribution in [-0.2, 0) is 0 Å². The standard InChI is InChI=1S/C16H15N5O/c1-12-15(16(22)19-17-13-8-4-2-5-9-13)18-20-21(12)14-10-6-3-7-11-14/h2-11,17H,1H3,(H,19,22). The Labute approximate surface area is 127 Å². The zero-order valence-electron chi connectivity index (χ0n) is 12.0. The van der Waals surface area contributed by atoms with Gasteiger partial charge < -0.3 is 0 Å². The molecule has 0 bridgehead atoms. The molecule has 0 spiro atoms. The lowest BCUT2D eigenvalue weighted by atomic mass is 10.3. The number of aromatic nitrogens is 3. The number of carbonyl (C=O) groups is 1. The number of amides is 1. The second kappa shape index (κ2) is 6.09. The molecule has 1 heterocycles. The van der Waals surface area contributed by atoms with Gasteiger partial charge in [0.1, 0.15) is 0 Å². The number of hydrogen-bond acceptors (Lipinski definition) is 4. The summed E-state index contributed by atoms with van der Waals surface area (Å²) in [5.41, 5.74) is 8.08. The summed E-state index contributed by atoms with van der Waals surface area (Å²) < 4.78 is 1.64. The van der Waals surface area contributed by atoms with Crippen LogP contribution in [-0.4, -0.2) is 20.9 Å². The largest absolute Gasteiger partial charge is 0.298 e. The van der Waals surface area contributed by atoms with Gasteiger partial charge >= 0.3 is 0 Å². The van der Waals surface area contributed by atoms with Gasteiger partial charge in [-0.1, -0.05) is 41.6 Å². The van der Waals surface area contributed by atoms with Crippen LogP contribution >= 0.6 is 0 Å². The molecule has 0 atom stereocenters. The number of benzene rings is 2. The second-order valence-electron chi connectivity index (χ2n) is 4.72. The Kier molecular flexibility index (Phi) is 3.82. The van der Waals surface area contributed by atoms with Gasteiger partial charge in [0.2, 0.25) is 0 Å². The van der Waals surface area contributed by atoms with Crippen molar-refractivity contribution >= 4 is 11.6 Å². The second-order valence-corrected chi connectivity index (χ2v) is 4.72. The predicted octanol–water partition coefficient (Wildman–Crippen LogP) is 2.33. The van der Waals surface area contributed by atoms with Gasteiger partial charge in [-0.15, -0.1) is 5.10 Å². The van der Waals surface area contributed by atoms with Crippen LogP contribution in [0.2, 0.25) is 0 Å². The highest BCUT2D eigenvalue weighted by atomic mass is 16.2. The maximum absolute atomic E-state index is 12.2. The zero-order valence-corrected chi connectivity index (χ0v) is 12.0. The summed E-state index contributed by atoms with van der Waals surface area (Å²) in [5.74, 6) is -0.330. The van der Waals surface area contributed by atoms with Gasteiger partial charge in [0.25, 0.3) is 5.91 Å². The quantitative estimate of drug-likeness (QED) is 0.724. The summed E-state index contributed by atoms with van der Waals surface area (Å²) in [6.07, 6.45) is 0. The monoisotopic (exact) mass is 293 g/mol. The Morgan fingerprint density at radius 3 is 2.32 bits per heavy atom. The Bertz CT molecular complexity index is 768. The smallest absolute Gasteiger partial charge is 0.292 e. The Balaban J connectivity index is 1.75. The highest BCUT2D eigenvalue weighted by Crippen LogP contribution is 2.11. The summed E-state index contributed by atoms with van der Waals surface area (Å²) in [7, 11) is 0. The maximum Gasteiger partial charge on any atom is 0.292 e. The molecule has 0 aliphatic heterocycles. The van der Waals surface area contributed by atoms with E-state index in [0.29, 0.717) is 5.69 Å². The number of nitrogens with one attached hydrogen (secondary N) is 2. The summed E-state index contributed by atoms with van der Waals surface area (Å²) in [5, 5.41) is 8.01. The lowest BCUT2D eigenvalue weighted by Crippen LogP contribution is -2.30. The molecular weight excluding hydrogens is 278 g/mol.